The van der Waals surface area contributed by atoms with Crippen LogP contribution in [-0.4, -0.2) is 51.4 Å². The Hall–Kier alpha value is -2.67. The fraction of sp³-hybridized carbons (Fsp3) is 0.593. The molecule has 7 nitrogen and oxygen atoms in total. The molecule has 2 aromatic heterocycles. The Bertz CT molecular complexity index is 1190. The lowest BCUT2D eigenvalue weighted by Crippen LogP contribution is -2.38. The molecule has 0 spiro atoms. The Morgan fingerprint density at radius 2 is 2.12 bits per heavy atom. The maximum Gasteiger partial charge on any atom is 0.252 e. The summed E-state index contributed by atoms with van der Waals surface area (Å²) >= 11 is 0. The molecule has 3 heterocycles. The molecule has 1 N–H and O–H groups in total. The summed E-state index contributed by atoms with van der Waals surface area (Å²) in [6.07, 6.45) is 9.93. The second-order valence-corrected chi connectivity index (χ2v) is 10.8. The van der Waals surface area contributed by atoms with Crippen molar-refractivity contribution in [3.05, 3.63) is 47.5 Å². The minimum atomic E-state index is 0.0303. The minimum absolute atomic E-state index is 0.0303. The van der Waals surface area contributed by atoms with E-state index in [4.69, 9.17) is 4.52 Å². The van der Waals surface area contributed by atoms with Gasteiger partial charge >= 0.3 is 0 Å². The van der Waals surface area contributed by atoms with Gasteiger partial charge in [0.2, 0.25) is 0 Å². The van der Waals surface area contributed by atoms with Crippen molar-refractivity contribution in [3.8, 4) is 0 Å². The summed E-state index contributed by atoms with van der Waals surface area (Å²) < 4.78 is 7.26. The fourth-order valence-corrected chi connectivity index (χ4v) is 6.45. The Kier molecular flexibility index (Phi) is 5.47. The minimum Gasteiger partial charge on any atom is -0.361 e. The smallest absolute Gasteiger partial charge is 0.252 e. The number of hydrogen-bond acceptors (Lipinski definition) is 5. The molecule has 0 unspecified atom stereocenters. The van der Waals surface area contributed by atoms with E-state index in [9.17, 15) is 4.79 Å². The van der Waals surface area contributed by atoms with Gasteiger partial charge < -0.3 is 14.7 Å². The predicted molar refractivity (Wildman–Crippen MR) is 131 cm³/mol. The number of likely N-dealkylation sites (tertiary alicyclic amines) is 1. The molecule has 2 aliphatic carbocycles. The van der Waals surface area contributed by atoms with Gasteiger partial charge in [0, 0.05) is 55.7 Å². The lowest BCUT2D eigenvalue weighted by atomic mass is 9.84. The van der Waals surface area contributed by atoms with E-state index in [2.05, 4.69) is 33.5 Å². The van der Waals surface area contributed by atoms with E-state index in [0.717, 1.165) is 59.9 Å². The maximum absolute atomic E-state index is 13.0. The number of hydrogen-bond donors (Lipinski definition) is 1. The average Bonchev–Trinajstić information content (AvgIpc) is 3.23. The van der Waals surface area contributed by atoms with Gasteiger partial charge in [0.25, 0.3) is 5.91 Å². The van der Waals surface area contributed by atoms with Crippen LogP contribution >= 0.6 is 0 Å². The molecule has 0 bridgehead atoms. The number of rotatable bonds is 7. The summed E-state index contributed by atoms with van der Waals surface area (Å²) in [5.41, 5.74) is 3.06. The number of nitrogens with zero attached hydrogens (tertiary/aromatic N) is 4. The van der Waals surface area contributed by atoms with Crippen molar-refractivity contribution in [2.24, 2.45) is 18.9 Å². The first-order valence-electron chi connectivity index (χ1n) is 13.0. The molecule has 3 aliphatic rings. The number of carbonyl (C=O) groups is 1. The Morgan fingerprint density at radius 1 is 1.26 bits per heavy atom. The van der Waals surface area contributed by atoms with Gasteiger partial charge in [-0.05, 0) is 69.0 Å². The molecule has 3 aromatic rings. The molecule has 2 saturated carbocycles. The number of carbonyl (C=O) groups excluding carboxylic acids is 1. The zero-order valence-electron chi connectivity index (χ0n) is 20.3. The first kappa shape index (κ1) is 21.8. The molecule has 7 heteroatoms. The van der Waals surface area contributed by atoms with E-state index in [1.54, 1.807) is 4.68 Å². The van der Waals surface area contributed by atoms with Crippen LogP contribution < -0.4 is 5.32 Å². The van der Waals surface area contributed by atoms with Gasteiger partial charge in [0.1, 0.15) is 5.76 Å². The van der Waals surface area contributed by atoms with Gasteiger partial charge in [-0.1, -0.05) is 18.1 Å². The molecule has 180 valence electrons. The van der Waals surface area contributed by atoms with Crippen molar-refractivity contribution in [2.75, 3.05) is 19.6 Å². The largest absolute Gasteiger partial charge is 0.361 e. The van der Waals surface area contributed by atoms with Gasteiger partial charge in [-0.2, -0.15) is 5.10 Å². The topological polar surface area (TPSA) is 76.2 Å². The van der Waals surface area contributed by atoms with Gasteiger partial charge in [-0.15, -0.1) is 0 Å². The molecule has 3 fully saturated rings. The number of benzene rings is 1. The molecule has 1 amide bonds. The third-order valence-electron chi connectivity index (χ3n) is 8.58. The van der Waals surface area contributed by atoms with Gasteiger partial charge in [0.05, 0.1) is 16.8 Å². The second kappa shape index (κ2) is 8.52. The number of piperidine rings is 1. The maximum atomic E-state index is 13.0. The first-order chi connectivity index (χ1) is 16.5. The molecular weight excluding hydrogens is 426 g/mol. The van der Waals surface area contributed by atoms with Crippen molar-refractivity contribution >= 4 is 16.8 Å². The zero-order valence-corrected chi connectivity index (χ0v) is 20.3. The monoisotopic (exact) mass is 461 g/mol. The zero-order chi connectivity index (χ0) is 23.3. The number of aryl methyl sites for hydroxylation is 2. The van der Waals surface area contributed by atoms with Crippen LogP contribution in [0.4, 0.5) is 0 Å². The summed E-state index contributed by atoms with van der Waals surface area (Å²) in [6.45, 7) is 5.65. The standard InChI is InChI=1S/C27H35N5O2/c1-3-21-13-25(30-34-21)27-14-19(27)15-32(17-27)12-11-18-7-9-20(10-8-18)28-26(33)22-5-4-6-24-23(22)16-31(2)29-24/h4-6,13,16,18-20H,3,7-12,14-15,17H2,1-2H3,(H,28,33)/t18-,19-,20-,27-/m0/s1. The van der Waals surface area contributed by atoms with E-state index < -0.39 is 0 Å². The summed E-state index contributed by atoms with van der Waals surface area (Å²) in [5, 5.41) is 13.0. The highest BCUT2D eigenvalue weighted by Crippen LogP contribution is 2.58. The first-order valence-corrected chi connectivity index (χ1v) is 13.0. The van der Waals surface area contributed by atoms with Gasteiger partial charge in [0.15, 0.2) is 0 Å². The van der Waals surface area contributed by atoms with E-state index in [-0.39, 0.29) is 17.4 Å². The SMILES string of the molecule is CCc1cc([C@]23C[C@H]2CN(CC[C@H]2CC[C@H](NC(=O)c4cccc5nn(C)cc45)CC2)C3)no1. The molecule has 0 radical (unpaired) electrons. The average molecular weight is 462 g/mol. The van der Waals surface area contributed by atoms with E-state index in [1.165, 1.54) is 44.5 Å². The quantitative estimate of drug-likeness (QED) is 0.574. The number of aromatic nitrogens is 3. The van der Waals surface area contributed by atoms with Crippen molar-refractivity contribution in [1.29, 1.82) is 0 Å². The predicted octanol–water partition coefficient (Wildman–Crippen LogP) is 4.08. The summed E-state index contributed by atoms with van der Waals surface area (Å²) in [6, 6.07) is 8.24. The van der Waals surface area contributed by atoms with E-state index in [1.807, 2.05) is 31.4 Å². The highest BCUT2D eigenvalue weighted by atomic mass is 16.5. The lowest BCUT2D eigenvalue weighted by Gasteiger charge is -2.30. The number of amides is 1. The van der Waals surface area contributed by atoms with Crippen molar-refractivity contribution in [1.82, 2.24) is 25.2 Å². The molecule has 34 heavy (non-hydrogen) atoms. The third-order valence-corrected chi connectivity index (χ3v) is 8.58. The lowest BCUT2D eigenvalue weighted by molar-refractivity contribution is 0.0921. The van der Waals surface area contributed by atoms with Crippen molar-refractivity contribution in [2.45, 2.75) is 63.3 Å². The van der Waals surface area contributed by atoms with Crippen LogP contribution in [0.2, 0.25) is 0 Å². The molecule has 1 aliphatic heterocycles. The van der Waals surface area contributed by atoms with Gasteiger partial charge in [-0.25, -0.2) is 0 Å². The highest BCUT2D eigenvalue weighted by molar-refractivity contribution is 6.06. The third kappa shape index (κ3) is 3.94. The van der Waals surface area contributed by atoms with E-state index in [0.29, 0.717) is 0 Å². The highest BCUT2D eigenvalue weighted by Gasteiger charge is 2.62. The van der Waals surface area contributed by atoms with Crippen LogP contribution in [-0.2, 0) is 18.9 Å². The Balaban J connectivity index is 0.971. The van der Waals surface area contributed by atoms with Crippen LogP contribution in [0, 0.1) is 11.8 Å². The van der Waals surface area contributed by atoms with Crippen molar-refractivity contribution in [3.63, 3.8) is 0 Å². The fourth-order valence-electron chi connectivity index (χ4n) is 6.45. The summed E-state index contributed by atoms with van der Waals surface area (Å²) in [5.74, 6) is 2.57. The van der Waals surface area contributed by atoms with Crippen LogP contribution in [0.25, 0.3) is 10.9 Å². The number of fused-ring (bicyclic) bond motifs is 2. The van der Waals surface area contributed by atoms with Crippen molar-refractivity contribution < 1.29 is 9.32 Å². The molecule has 2 atom stereocenters. The van der Waals surface area contributed by atoms with Crippen LogP contribution in [0.5, 0.6) is 0 Å². The molecule has 1 saturated heterocycles. The number of nitrogens with one attached hydrogen (secondary N) is 1. The molecule has 6 rings (SSSR count). The summed E-state index contributed by atoms with van der Waals surface area (Å²) in [4.78, 5) is 15.6. The summed E-state index contributed by atoms with van der Waals surface area (Å²) in [7, 11) is 1.89. The van der Waals surface area contributed by atoms with Gasteiger partial charge in [-0.3, -0.25) is 9.48 Å². The van der Waals surface area contributed by atoms with Crippen LogP contribution in [0.1, 0.15) is 67.3 Å². The molecule has 1 aromatic carbocycles. The van der Waals surface area contributed by atoms with Crippen LogP contribution in [0.15, 0.2) is 35.0 Å². The van der Waals surface area contributed by atoms with Crippen LogP contribution in [0.3, 0.4) is 0 Å². The van der Waals surface area contributed by atoms with E-state index >= 15 is 0 Å². The Labute approximate surface area is 200 Å². The normalized spacial score (nSPS) is 28.8. The molecular formula is C27H35N5O2. The second-order valence-electron chi connectivity index (χ2n) is 10.8. The Morgan fingerprint density at radius 3 is 2.91 bits per heavy atom.